The van der Waals surface area contributed by atoms with Gasteiger partial charge in [-0.3, -0.25) is 14.5 Å². The monoisotopic (exact) mass is 463 g/mol. The third kappa shape index (κ3) is 4.25. The normalized spacial score (nSPS) is 22.2. The van der Waals surface area contributed by atoms with Crippen molar-refractivity contribution in [3.63, 3.8) is 0 Å². The van der Waals surface area contributed by atoms with Crippen LogP contribution in [0.2, 0.25) is 0 Å². The van der Waals surface area contributed by atoms with Gasteiger partial charge in [0.15, 0.2) is 0 Å². The Labute approximate surface area is 195 Å². The quantitative estimate of drug-likeness (QED) is 0.593. The zero-order valence-electron chi connectivity index (χ0n) is 18.4. The molecule has 3 aromatic rings. The molecule has 1 aliphatic heterocycles. The average molecular weight is 463 g/mol. The Morgan fingerprint density at radius 1 is 1.09 bits per heavy atom. The molecule has 1 N–H and O–H groups in total. The van der Waals surface area contributed by atoms with Gasteiger partial charge < -0.3 is 5.32 Å². The van der Waals surface area contributed by atoms with E-state index in [4.69, 9.17) is 0 Å². The summed E-state index contributed by atoms with van der Waals surface area (Å²) >= 11 is 0. The van der Waals surface area contributed by atoms with E-state index >= 15 is 0 Å². The first kappa shape index (κ1) is 22.1. The van der Waals surface area contributed by atoms with Crippen molar-refractivity contribution in [3.8, 4) is 11.3 Å². The number of aromatic nitrogens is 3. The van der Waals surface area contributed by atoms with E-state index in [1.807, 2.05) is 0 Å². The minimum Gasteiger partial charge on any atom is -0.348 e. The molecule has 2 aromatic heterocycles. The van der Waals surface area contributed by atoms with E-state index in [1.54, 1.807) is 23.1 Å². The molecule has 5 rings (SSSR count). The van der Waals surface area contributed by atoms with Crippen LogP contribution in [0.1, 0.15) is 42.6 Å². The van der Waals surface area contributed by atoms with Gasteiger partial charge in [-0.1, -0.05) is 12.5 Å². The highest BCUT2D eigenvalue weighted by Gasteiger charge is 2.50. The van der Waals surface area contributed by atoms with Gasteiger partial charge in [0.1, 0.15) is 23.7 Å². The van der Waals surface area contributed by atoms with Gasteiger partial charge in [0, 0.05) is 24.2 Å². The van der Waals surface area contributed by atoms with Gasteiger partial charge in [0.05, 0.1) is 11.1 Å². The second kappa shape index (κ2) is 8.89. The van der Waals surface area contributed by atoms with Crippen molar-refractivity contribution in [2.45, 2.75) is 38.1 Å². The van der Waals surface area contributed by atoms with Crippen LogP contribution >= 0.6 is 0 Å². The molecule has 1 aliphatic carbocycles. The summed E-state index contributed by atoms with van der Waals surface area (Å²) in [5, 5.41) is 2.93. The molecule has 2 amide bonds. The predicted molar refractivity (Wildman–Crippen MR) is 121 cm³/mol. The molecule has 1 spiro atoms. The van der Waals surface area contributed by atoms with Crippen molar-refractivity contribution >= 4 is 17.6 Å². The van der Waals surface area contributed by atoms with E-state index in [1.165, 1.54) is 36.7 Å². The summed E-state index contributed by atoms with van der Waals surface area (Å²) in [5.74, 6) is -0.991. The maximum absolute atomic E-state index is 13.6. The zero-order valence-corrected chi connectivity index (χ0v) is 18.4. The molecule has 34 heavy (non-hydrogen) atoms. The fourth-order valence-corrected chi connectivity index (χ4v) is 5.01. The van der Waals surface area contributed by atoms with Crippen LogP contribution in [0, 0.1) is 17.2 Å². The average Bonchev–Trinajstić information content (AvgIpc) is 3.14. The lowest BCUT2D eigenvalue weighted by molar-refractivity contribution is -0.127. The van der Waals surface area contributed by atoms with Crippen molar-refractivity contribution in [3.05, 3.63) is 72.3 Å². The van der Waals surface area contributed by atoms with Gasteiger partial charge in [-0.15, -0.1) is 0 Å². The summed E-state index contributed by atoms with van der Waals surface area (Å²) in [6.45, 7) is 0.519. The molecule has 3 heterocycles. The Bertz CT molecular complexity index is 1240. The second-order valence-corrected chi connectivity index (χ2v) is 8.87. The number of benzene rings is 1. The van der Waals surface area contributed by atoms with E-state index in [0.29, 0.717) is 30.9 Å². The Morgan fingerprint density at radius 2 is 1.91 bits per heavy atom. The molecule has 2 atom stereocenters. The standard InChI is InChI=1S/C25H23F2N5O2/c26-17-8-6-16(7-9-17)20-13-22(29-15-28-20)32-12-11-25(24(32)34)10-2-3-18(14-25)30-23(33)19-4-1-5-21(27)31-19/h1,4-9,13,15,18H,2-3,10-12,14H2,(H,30,33)/t18-,25-/m0/s1. The summed E-state index contributed by atoms with van der Waals surface area (Å²) in [6.07, 6.45) is 4.86. The first-order valence-electron chi connectivity index (χ1n) is 11.3. The zero-order chi connectivity index (χ0) is 23.7. The molecule has 7 nitrogen and oxygen atoms in total. The van der Waals surface area contributed by atoms with E-state index < -0.39 is 17.3 Å². The first-order chi connectivity index (χ1) is 16.4. The minimum atomic E-state index is -0.709. The number of amides is 2. The van der Waals surface area contributed by atoms with Crippen LogP contribution < -0.4 is 10.2 Å². The molecule has 174 valence electrons. The summed E-state index contributed by atoms with van der Waals surface area (Å²) in [5.41, 5.74) is 0.785. The first-order valence-corrected chi connectivity index (χ1v) is 11.3. The number of carbonyl (C=O) groups is 2. The summed E-state index contributed by atoms with van der Waals surface area (Å²) in [7, 11) is 0. The van der Waals surface area contributed by atoms with Gasteiger partial charge in [-0.25, -0.2) is 19.3 Å². The highest BCUT2D eigenvalue weighted by atomic mass is 19.1. The topological polar surface area (TPSA) is 88.1 Å². The number of pyridine rings is 1. The largest absolute Gasteiger partial charge is 0.348 e. The molecular weight excluding hydrogens is 440 g/mol. The molecule has 1 saturated carbocycles. The predicted octanol–water partition coefficient (Wildman–Crippen LogP) is 3.91. The van der Waals surface area contributed by atoms with Crippen LogP contribution in [0.4, 0.5) is 14.6 Å². The number of carbonyl (C=O) groups excluding carboxylic acids is 2. The number of hydrogen-bond acceptors (Lipinski definition) is 5. The Kier molecular flexibility index (Phi) is 5.77. The third-order valence-electron chi connectivity index (χ3n) is 6.71. The Morgan fingerprint density at radius 3 is 2.71 bits per heavy atom. The van der Waals surface area contributed by atoms with Gasteiger partial charge in [0.2, 0.25) is 11.9 Å². The third-order valence-corrected chi connectivity index (χ3v) is 6.71. The lowest BCUT2D eigenvalue weighted by Gasteiger charge is -2.36. The SMILES string of the molecule is O=C(N[C@H]1CCC[C@]2(CCN(c3cc(-c4ccc(F)cc4)ncn3)C2=O)C1)c1cccc(F)n1. The molecule has 9 heteroatoms. The van der Waals surface area contributed by atoms with Crippen LogP contribution in [-0.2, 0) is 4.79 Å². The molecule has 0 radical (unpaired) electrons. The van der Waals surface area contributed by atoms with E-state index in [9.17, 15) is 18.4 Å². The fraction of sp³-hybridized carbons (Fsp3) is 0.320. The maximum atomic E-state index is 13.6. The number of nitrogens with zero attached hydrogens (tertiary/aromatic N) is 4. The van der Waals surface area contributed by atoms with Gasteiger partial charge in [-0.05, 0) is 62.1 Å². The molecule has 2 aliphatic rings. The van der Waals surface area contributed by atoms with Crippen molar-refractivity contribution in [2.24, 2.45) is 5.41 Å². The van der Waals surface area contributed by atoms with Crippen LogP contribution in [0.15, 0.2) is 54.9 Å². The van der Waals surface area contributed by atoms with E-state index in [2.05, 4.69) is 20.3 Å². The van der Waals surface area contributed by atoms with Gasteiger partial charge in [0.25, 0.3) is 5.91 Å². The Hall–Kier alpha value is -3.75. The maximum Gasteiger partial charge on any atom is 0.270 e. The van der Waals surface area contributed by atoms with Crippen LogP contribution in [0.5, 0.6) is 0 Å². The van der Waals surface area contributed by atoms with Gasteiger partial charge >= 0.3 is 0 Å². The summed E-state index contributed by atoms with van der Waals surface area (Å²) in [4.78, 5) is 40.0. The number of halogens is 2. The Balaban J connectivity index is 1.31. The second-order valence-electron chi connectivity index (χ2n) is 8.87. The lowest BCUT2D eigenvalue weighted by Crippen LogP contribution is -2.46. The van der Waals surface area contributed by atoms with Crippen molar-refractivity contribution < 1.29 is 18.4 Å². The minimum absolute atomic E-state index is 0.0147. The van der Waals surface area contributed by atoms with Crippen LogP contribution in [-0.4, -0.2) is 39.4 Å². The van der Waals surface area contributed by atoms with Crippen molar-refractivity contribution in [1.29, 1.82) is 0 Å². The number of anilines is 1. The molecule has 1 saturated heterocycles. The van der Waals surface area contributed by atoms with Gasteiger partial charge in [-0.2, -0.15) is 4.39 Å². The fourth-order valence-electron chi connectivity index (χ4n) is 5.01. The molecular formula is C25H23F2N5O2. The van der Waals surface area contributed by atoms with Crippen LogP contribution in [0.25, 0.3) is 11.3 Å². The molecule has 0 bridgehead atoms. The molecule has 2 fully saturated rings. The van der Waals surface area contributed by atoms with E-state index in [0.717, 1.165) is 24.8 Å². The highest BCUT2D eigenvalue weighted by molar-refractivity contribution is 5.99. The molecule has 0 unspecified atom stereocenters. The van der Waals surface area contributed by atoms with Crippen LogP contribution in [0.3, 0.4) is 0 Å². The highest BCUT2D eigenvalue weighted by Crippen LogP contribution is 2.46. The number of hydrogen-bond donors (Lipinski definition) is 1. The summed E-state index contributed by atoms with van der Waals surface area (Å²) in [6, 6.07) is 11.6. The molecule has 1 aromatic carbocycles. The smallest absolute Gasteiger partial charge is 0.270 e. The number of rotatable bonds is 4. The van der Waals surface area contributed by atoms with Crippen molar-refractivity contribution in [1.82, 2.24) is 20.3 Å². The summed E-state index contributed by atoms with van der Waals surface area (Å²) < 4.78 is 26.7. The lowest BCUT2D eigenvalue weighted by atomic mass is 9.71. The number of nitrogens with one attached hydrogen (secondary N) is 1. The van der Waals surface area contributed by atoms with E-state index in [-0.39, 0.29) is 23.5 Å². The van der Waals surface area contributed by atoms with Crippen molar-refractivity contribution in [2.75, 3.05) is 11.4 Å².